The van der Waals surface area contributed by atoms with E-state index in [0.29, 0.717) is 0 Å². The van der Waals surface area contributed by atoms with Gasteiger partial charge in [-0.3, -0.25) is 0 Å². The van der Waals surface area contributed by atoms with Crippen LogP contribution in [0.15, 0.2) is 0 Å². The molecular weight excluding hydrogens is 483 g/mol. The molecule has 0 heterocycles. The van der Waals surface area contributed by atoms with Gasteiger partial charge in [0, 0.05) is 6.42 Å². The molecule has 0 spiro atoms. The standard InChI is InChI=1S/C12H9F17O/c1-2-4(30)3-5(13,14)6(15,16)7(17,18)8(19,20)9(21,22)10(23,24)11(25,26)12(27,28)29/h4,30H,2-3H2,1H3. The Morgan fingerprint density at radius 3 is 1.03 bits per heavy atom. The predicted molar refractivity (Wildman–Crippen MR) is 61.6 cm³/mol. The molecule has 0 amide bonds. The minimum atomic E-state index is -8.63. The minimum Gasteiger partial charge on any atom is -0.393 e. The van der Waals surface area contributed by atoms with E-state index in [-0.39, 0.29) is 0 Å². The fourth-order valence-electron chi connectivity index (χ4n) is 1.76. The molecule has 0 aromatic carbocycles. The monoisotopic (exact) mass is 492 g/mol. The normalized spacial score (nSPS) is 17.3. The third-order valence-corrected chi connectivity index (χ3v) is 3.75. The van der Waals surface area contributed by atoms with Gasteiger partial charge < -0.3 is 5.11 Å². The van der Waals surface area contributed by atoms with Crippen molar-refractivity contribution in [1.29, 1.82) is 0 Å². The molecule has 0 aromatic heterocycles. The van der Waals surface area contributed by atoms with E-state index in [1.165, 1.54) is 0 Å². The van der Waals surface area contributed by atoms with Gasteiger partial charge in [-0.1, -0.05) is 6.92 Å². The van der Waals surface area contributed by atoms with Crippen LogP contribution < -0.4 is 0 Å². The van der Waals surface area contributed by atoms with E-state index in [4.69, 9.17) is 5.11 Å². The zero-order chi connectivity index (χ0) is 25.0. The van der Waals surface area contributed by atoms with E-state index >= 15 is 0 Å². The molecule has 182 valence electrons. The van der Waals surface area contributed by atoms with Crippen molar-refractivity contribution in [3.63, 3.8) is 0 Å². The van der Waals surface area contributed by atoms with Crippen LogP contribution in [0.2, 0.25) is 0 Å². The number of rotatable bonds is 9. The molecule has 0 saturated carbocycles. The van der Waals surface area contributed by atoms with Gasteiger partial charge in [0.05, 0.1) is 6.10 Å². The summed E-state index contributed by atoms with van der Waals surface area (Å²) < 4.78 is 219. The van der Waals surface area contributed by atoms with Crippen LogP contribution in [0, 0.1) is 0 Å². The van der Waals surface area contributed by atoms with Crippen molar-refractivity contribution in [1.82, 2.24) is 0 Å². The van der Waals surface area contributed by atoms with Crippen LogP contribution in [0.5, 0.6) is 0 Å². The van der Waals surface area contributed by atoms with Crippen LogP contribution in [0.1, 0.15) is 19.8 Å². The molecule has 0 aliphatic rings. The van der Waals surface area contributed by atoms with Crippen LogP contribution in [0.4, 0.5) is 74.6 Å². The summed E-state index contributed by atoms with van der Waals surface area (Å²) in [6.45, 7) is 0.763. The summed E-state index contributed by atoms with van der Waals surface area (Å²) in [7, 11) is 0. The first-order chi connectivity index (χ1) is 12.7. The van der Waals surface area contributed by atoms with Crippen molar-refractivity contribution in [2.75, 3.05) is 0 Å². The molecule has 0 radical (unpaired) electrons. The third kappa shape index (κ3) is 3.76. The molecule has 18 heteroatoms. The summed E-state index contributed by atoms with van der Waals surface area (Å²) in [5, 5.41) is 8.77. The van der Waals surface area contributed by atoms with Gasteiger partial charge in [0.15, 0.2) is 0 Å². The van der Waals surface area contributed by atoms with Crippen molar-refractivity contribution in [2.45, 2.75) is 73.5 Å². The maximum Gasteiger partial charge on any atom is 0.460 e. The molecule has 30 heavy (non-hydrogen) atoms. The summed E-state index contributed by atoms with van der Waals surface area (Å²) in [4.78, 5) is 0. The van der Waals surface area contributed by atoms with Gasteiger partial charge in [-0.25, -0.2) is 0 Å². The third-order valence-electron chi connectivity index (χ3n) is 3.75. The van der Waals surface area contributed by atoms with Gasteiger partial charge >= 0.3 is 47.6 Å². The smallest absolute Gasteiger partial charge is 0.393 e. The summed E-state index contributed by atoms with van der Waals surface area (Å²) in [5.41, 5.74) is 0. The Morgan fingerprint density at radius 1 is 0.500 bits per heavy atom. The van der Waals surface area contributed by atoms with Crippen molar-refractivity contribution in [3.05, 3.63) is 0 Å². The highest BCUT2D eigenvalue weighted by Crippen LogP contribution is 2.64. The molecule has 0 aliphatic heterocycles. The first-order valence-corrected chi connectivity index (χ1v) is 7.10. The topological polar surface area (TPSA) is 20.2 Å². The van der Waals surface area contributed by atoms with Crippen LogP contribution >= 0.6 is 0 Å². The minimum absolute atomic E-state index is 0.763. The quantitative estimate of drug-likeness (QED) is 0.383. The first kappa shape index (κ1) is 28.8. The van der Waals surface area contributed by atoms with Crippen LogP contribution in [-0.2, 0) is 0 Å². The highest BCUT2D eigenvalue weighted by atomic mass is 19.4. The maximum atomic E-state index is 13.3. The number of aliphatic hydroxyl groups is 1. The summed E-state index contributed by atoms with van der Waals surface area (Å²) in [6, 6.07) is 0. The van der Waals surface area contributed by atoms with Gasteiger partial charge in [0.2, 0.25) is 0 Å². The first-order valence-electron chi connectivity index (χ1n) is 7.10. The SMILES string of the molecule is CCC(O)CC(F)(F)C(F)(F)C(F)(F)C(F)(F)C(F)(F)C(F)(F)C(F)(F)C(F)(F)F. The second-order valence-electron chi connectivity index (χ2n) is 5.91. The fourth-order valence-corrected chi connectivity index (χ4v) is 1.76. The Hall–Kier alpha value is -1.23. The lowest BCUT2D eigenvalue weighted by Gasteiger charge is -2.43. The van der Waals surface area contributed by atoms with E-state index in [1.807, 2.05) is 0 Å². The van der Waals surface area contributed by atoms with Gasteiger partial charge in [0.1, 0.15) is 0 Å². The van der Waals surface area contributed by atoms with Gasteiger partial charge in [-0.05, 0) is 6.42 Å². The molecule has 0 saturated heterocycles. The Kier molecular flexibility index (Phi) is 7.12. The highest BCUT2D eigenvalue weighted by molar-refractivity contribution is 5.15. The second kappa shape index (κ2) is 7.43. The largest absolute Gasteiger partial charge is 0.460 e. The summed E-state index contributed by atoms with van der Waals surface area (Å²) in [6.07, 6.45) is -14.2. The molecule has 1 unspecified atom stereocenters. The van der Waals surface area contributed by atoms with E-state index in [9.17, 15) is 74.6 Å². The maximum absolute atomic E-state index is 13.3. The molecular formula is C12H9F17O. The Labute approximate surface area is 154 Å². The van der Waals surface area contributed by atoms with E-state index in [2.05, 4.69) is 0 Å². The lowest BCUT2D eigenvalue weighted by molar-refractivity contribution is -0.462. The van der Waals surface area contributed by atoms with Crippen molar-refractivity contribution < 1.29 is 79.7 Å². The van der Waals surface area contributed by atoms with E-state index in [1.54, 1.807) is 0 Å². The van der Waals surface area contributed by atoms with Crippen molar-refractivity contribution in [3.8, 4) is 0 Å². The lowest BCUT2D eigenvalue weighted by Crippen LogP contribution is -2.74. The van der Waals surface area contributed by atoms with E-state index in [0.717, 1.165) is 6.92 Å². The molecule has 0 bridgehead atoms. The Bertz CT molecular complexity index is 604. The van der Waals surface area contributed by atoms with Gasteiger partial charge in [-0.2, -0.15) is 74.6 Å². The second-order valence-corrected chi connectivity index (χ2v) is 5.91. The average molecular weight is 492 g/mol. The molecule has 0 rings (SSSR count). The number of halogens is 17. The number of aliphatic hydroxyl groups excluding tert-OH is 1. The van der Waals surface area contributed by atoms with Crippen LogP contribution in [0.25, 0.3) is 0 Å². The van der Waals surface area contributed by atoms with Crippen LogP contribution in [-0.4, -0.2) is 58.8 Å². The predicted octanol–water partition coefficient (Wildman–Crippen LogP) is 6.16. The summed E-state index contributed by atoms with van der Waals surface area (Å²) in [5.74, 6) is -56.5. The lowest BCUT2D eigenvalue weighted by atomic mass is 9.87. The van der Waals surface area contributed by atoms with Crippen LogP contribution in [0.3, 0.4) is 0 Å². The number of alkyl halides is 17. The summed E-state index contributed by atoms with van der Waals surface area (Å²) >= 11 is 0. The van der Waals surface area contributed by atoms with Gasteiger partial charge in [-0.15, -0.1) is 0 Å². The number of hydrogen-bond donors (Lipinski definition) is 1. The van der Waals surface area contributed by atoms with E-state index < -0.39 is 66.6 Å². The van der Waals surface area contributed by atoms with Crippen molar-refractivity contribution in [2.24, 2.45) is 0 Å². The Morgan fingerprint density at radius 2 is 0.767 bits per heavy atom. The molecule has 1 atom stereocenters. The average Bonchev–Trinajstić information content (AvgIpc) is 2.51. The van der Waals surface area contributed by atoms with Crippen molar-refractivity contribution >= 4 is 0 Å². The molecule has 0 fully saturated rings. The fraction of sp³-hybridized carbons (Fsp3) is 1.00. The molecule has 1 N–H and O–H groups in total. The number of hydrogen-bond acceptors (Lipinski definition) is 1. The van der Waals surface area contributed by atoms with Gasteiger partial charge in [0.25, 0.3) is 0 Å². The zero-order valence-corrected chi connectivity index (χ0v) is 13.9. The zero-order valence-electron chi connectivity index (χ0n) is 13.9. The molecule has 1 nitrogen and oxygen atoms in total. The highest BCUT2D eigenvalue weighted by Gasteiger charge is 2.95. The molecule has 0 aromatic rings. The Balaban J connectivity index is 6.62. The molecule has 0 aliphatic carbocycles.